The van der Waals surface area contributed by atoms with Gasteiger partial charge in [-0.2, -0.15) is 5.10 Å². The molecule has 0 amide bonds. The number of aliphatic imine (C=N–C) groups is 2. The number of nitrogens with zero attached hydrogens (tertiary/aromatic N) is 3. The minimum absolute atomic E-state index is 0.394. The van der Waals surface area contributed by atoms with E-state index in [4.69, 9.17) is 19.9 Å². The normalized spacial score (nSPS) is 15.6. The molecule has 0 unspecified atom stereocenters. The number of allylic oxidation sites excluding steroid dienone is 1. The van der Waals surface area contributed by atoms with Crippen molar-refractivity contribution in [2.75, 3.05) is 20.8 Å². The molecule has 0 bridgehead atoms. The summed E-state index contributed by atoms with van der Waals surface area (Å²) in [5.74, 6) is 3.23. The molecule has 0 saturated heterocycles. The molecule has 9 heteroatoms. The summed E-state index contributed by atoms with van der Waals surface area (Å²) in [6.07, 6.45) is 3.09. The zero-order valence-electron chi connectivity index (χ0n) is 17.8. The van der Waals surface area contributed by atoms with Gasteiger partial charge in [0.2, 0.25) is 0 Å². The SMILES string of the molecule is COc1ccc(COc2cccc(OC)c2-c2cc(N=C3CNC(=CN)C=N3)n[nH]2)cc1. The molecule has 9 nitrogen and oxygen atoms in total. The molecule has 2 aromatic carbocycles. The number of aromatic amines is 1. The molecule has 164 valence electrons. The zero-order valence-corrected chi connectivity index (χ0v) is 17.8. The summed E-state index contributed by atoms with van der Waals surface area (Å²) in [7, 11) is 3.26. The number of ether oxygens (including phenoxy) is 3. The first kappa shape index (κ1) is 21.0. The number of hydrogen-bond acceptors (Lipinski definition) is 7. The Morgan fingerprint density at radius 2 is 1.91 bits per heavy atom. The average Bonchev–Trinajstić information content (AvgIpc) is 3.31. The number of benzene rings is 2. The summed E-state index contributed by atoms with van der Waals surface area (Å²) >= 11 is 0. The van der Waals surface area contributed by atoms with Gasteiger partial charge >= 0.3 is 0 Å². The molecule has 32 heavy (non-hydrogen) atoms. The van der Waals surface area contributed by atoms with Gasteiger partial charge in [0.25, 0.3) is 0 Å². The first-order chi connectivity index (χ1) is 15.7. The molecule has 4 N–H and O–H groups in total. The van der Waals surface area contributed by atoms with Gasteiger partial charge < -0.3 is 25.3 Å². The number of rotatable bonds is 7. The van der Waals surface area contributed by atoms with Gasteiger partial charge in [-0.15, -0.1) is 0 Å². The van der Waals surface area contributed by atoms with E-state index in [9.17, 15) is 0 Å². The van der Waals surface area contributed by atoms with Crippen molar-refractivity contribution in [3.8, 4) is 28.5 Å². The molecular formula is C23H24N6O3. The Balaban J connectivity index is 1.58. The van der Waals surface area contributed by atoms with Crippen LogP contribution in [0.3, 0.4) is 0 Å². The molecule has 0 atom stereocenters. The van der Waals surface area contributed by atoms with E-state index < -0.39 is 0 Å². The lowest BCUT2D eigenvalue weighted by atomic mass is 10.1. The first-order valence-electron chi connectivity index (χ1n) is 9.96. The predicted molar refractivity (Wildman–Crippen MR) is 124 cm³/mol. The van der Waals surface area contributed by atoms with Gasteiger partial charge in [-0.1, -0.05) is 18.2 Å². The molecule has 3 aromatic rings. The average molecular weight is 432 g/mol. The van der Waals surface area contributed by atoms with Crippen LogP contribution in [0, 0.1) is 0 Å². The van der Waals surface area contributed by atoms with Gasteiger partial charge in [0.05, 0.1) is 43.9 Å². The highest BCUT2D eigenvalue weighted by molar-refractivity contribution is 5.99. The number of hydrogen-bond donors (Lipinski definition) is 3. The molecule has 0 spiro atoms. The van der Waals surface area contributed by atoms with Crippen LogP contribution in [0.4, 0.5) is 5.82 Å². The number of nitrogens with one attached hydrogen (secondary N) is 2. The largest absolute Gasteiger partial charge is 0.497 e. The zero-order chi connectivity index (χ0) is 22.3. The van der Waals surface area contributed by atoms with E-state index in [-0.39, 0.29) is 0 Å². The van der Waals surface area contributed by atoms with Crippen molar-refractivity contribution in [1.82, 2.24) is 15.5 Å². The smallest absolute Gasteiger partial charge is 0.176 e. The highest BCUT2D eigenvalue weighted by atomic mass is 16.5. The number of aromatic nitrogens is 2. The topological polar surface area (TPSA) is 119 Å². The van der Waals surface area contributed by atoms with Crippen molar-refractivity contribution in [2.45, 2.75) is 6.61 Å². The summed E-state index contributed by atoms with van der Waals surface area (Å²) in [6.45, 7) is 0.859. The fourth-order valence-corrected chi connectivity index (χ4v) is 3.17. The van der Waals surface area contributed by atoms with E-state index >= 15 is 0 Å². The maximum Gasteiger partial charge on any atom is 0.176 e. The van der Waals surface area contributed by atoms with Gasteiger partial charge in [-0.25, -0.2) is 9.98 Å². The van der Waals surface area contributed by atoms with Crippen molar-refractivity contribution in [3.05, 3.63) is 66.0 Å². The lowest BCUT2D eigenvalue weighted by Crippen LogP contribution is -2.27. The molecule has 0 radical (unpaired) electrons. The minimum atomic E-state index is 0.394. The molecule has 0 aliphatic carbocycles. The van der Waals surface area contributed by atoms with E-state index in [0.29, 0.717) is 36.3 Å². The molecular weight excluding hydrogens is 408 g/mol. The molecule has 4 rings (SSSR count). The molecule has 2 heterocycles. The quantitative estimate of drug-likeness (QED) is 0.528. The molecule has 0 saturated carbocycles. The summed E-state index contributed by atoms with van der Waals surface area (Å²) in [5.41, 5.74) is 8.74. The number of amidine groups is 1. The Labute approximate surface area is 185 Å². The maximum atomic E-state index is 6.12. The third-order valence-corrected chi connectivity index (χ3v) is 4.82. The summed E-state index contributed by atoms with van der Waals surface area (Å²) in [4.78, 5) is 8.77. The second-order valence-electron chi connectivity index (χ2n) is 6.87. The van der Waals surface area contributed by atoms with Gasteiger partial charge in [-0.3, -0.25) is 5.10 Å². The van der Waals surface area contributed by atoms with Crippen molar-refractivity contribution in [2.24, 2.45) is 15.7 Å². The van der Waals surface area contributed by atoms with Gasteiger partial charge in [-0.05, 0) is 29.8 Å². The number of methoxy groups -OCH3 is 2. The molecule has 1 aliphatic rings. The highest BCUT2D eigenvalue weighted by Gasteiger charge is 2.16. The van der Waals surface area contributed by atoms with E-state index in [1.54, 1.807) is 20.4 Å². The van der Waals surface area contributed by atoms with Gasteiger partial charge in [0.15, 0.2) is 5.82 Å². The number of H-pyrrole nitrogens is 1. The summed E-state index contributed by atoms with van der Waals surface area (Å²) in [6, 6.07) is 15.2. The highest BCUT2D eigenvalue weighted by Crippen LogP contribution is 2.38. The van der Waals surface area contributed by atoms with Crippen molar-refractivity contribution in [1.29, 1.82) is 0 Å². The van der Waals surface area contributed by atoms with Crippen LogP contribution < -0.4 is 25.3 Å². The third-order valence-electron chi connectivity index (χ3n) is 4.82. The van der Waals surface area contributed by atoms with E-state index in [2.05, 4.69) is 25.5 Å². The summed E-state index contributed by atoms with van der Waals surface area (Å²) in [5, 5.41) is 10.4. The fraction of sp³-hybridized carbons (Fsp3) is 0.174. The van der Waals surface area contributed by atoms with Crippen molar-refractivity contribution >= 4 is 17.9 Å². The number of nitrogens with two attached hydrogens (primary N) is 1. The van der Waals surface area contributed by atoms with Crippen LogP contribution in [-0.2, 0) is 6.61 Å². The predicted octanol–water partition coefficient (Wildman–Crippen LogP) is 3.18. The second kappa shape index (κ2) is 9.69. The van der Waals surface area contributed by atoms with E-state index in [0.717, 1.165) is 28.3 Å². The Morgan fingerprint density at radius 3 is 2.59 bits per heavy atom. The van der Waals surface area contributed by atoms with Gasteiger partial charge in [0, 0.05) is 12.3 Å². The molecule has 1 aliphatic heterocycles. The minimum Gasteiger partial charge on any atom is -0.497 e. The van der Waals surface area contributed by atoms with Gasteiger partial charge in [0.1, 0.15) is 29.7 Å². The van der Waals surface area contributed by atoms with Crippen LogP contribution in [-0.4, -0.2) is 43.0 Å². The lowest BCUT2D eigenvalue weighted by molar-refractivity contribution is 0.305. The Hall–Kier alpha value is -4.27. The molecule has 0 fully saturated rings. The second-order valence-corrected chi connectivity index (χ2v) is 6.87. The Bertz CT molecular complexity index is 1160. The van der Waals surface area contributed by atoms with Crippen LogP contribution in [0.2, 0.25) is 0 Å². The maximum absolute atomic E-state index is 6.12. The van der Waals surface area contributed by atoms with Crippen LogP contribution in [0.5, 0.6) is 17.2 Å². The van der Waals surface area contributed by atoms with E-state index in [1.165, 1.54) is 6.20 Å². The monoisotopic (exact) mass is 432 g/mol. The third kappa shape index (κ3) is 4.72. The summed E-state index contributed by atoms with van der Waals surface area (Å²) < 4.78 is 16.9. The first-order valence-corrected chi connectivity index (χ1v) is 9.96. The van der Waals surface area contributed by atoms with Crippen LogP contribution in [0.15, 0.2) is 70.4 Å². The Kier molecular flexibility index (Phi) is 6.35. The van der Waals surface area contributed by atoms with Crippen LogP contribution in [0.1, 0.15) is 5.56 Å². The standard InChI is InChI=1S/C23H24N6O3/c1-30-17-8-6-15(7-9-17)14-32-20-5-3-4-19(31-2)23(20)18-10-21(29-28-18)27-22-13-25-16(11-24)12-26-22/h3-12,25H,13-14,24H2,1-2H3,(H,28,29). The van der Waals surface area contributed by atoms with E-state index in [1.807, 2.05) is 48.5 Å². The lowest BCUT2D eigenvalue weighted by Gasteiger charge is -2.14. The molecule has 1 aromatic heterocycles. The van der Waals surface area contributed by atoms with Crippen molar-refractivity contribution < 1.29 is 14.2 Å². The van der Waals surface area contributed by atoms with Crippen molar-refractivity contribution in [3.63, 3.8) is 0 Å². The van der Waals surface area contributed by atoms with Crippen LogP contribution in [0.25, 0.3) is 11.3 Å². The fourth-order valence-electron chi connectivity index (χ4n) is 3.17. The Morgan fingerprint density at radius 1 is 1.09 bits per heavy atom. The van der Waals surface area contributed by atoms with Crippen LogP contribution >= 0.6 is 0 Å².